The van der Waals surface area contributed by atoms with Crippen molar-refractivity contribution in [2.75, 3.05) is 16.0 Å². The number of halogens is 5. The Hall–Kier alpha value is -3.86. The van der Waals surface area contributed by atoms with Gasteiger partial charge in [-0.1, -0.05) is 17.7 Å². The van der Waals surface area contributed by atoms with Crippen molar-refractivity contribution in [3.05, 3.63) is 71.1 Å². The van der Waals surface area contributed by atoms with Gasteiger partial charge in [-0.3, -0.25) is 5.32 Å². The molecule has 2 amide bonds. The number of urea groups is 1. The van der Waals surface area contributed by atoms with Crippen molar-refractivity contribution in [2.24, 2.45) is 7.05 Å². The quantitative estimate of drug-likeness (QED) is 0.306. The van der Waals surface area contributed by atoms with Gasteiger partial charge in [-0.2, -0.15) is 23.1 Å². The molecular formula is C21H15ClF4N6O. The molecule has 0 aliphatic rings. The van der Waals surface area contributed by atoms with Gasteiger partial charge in [0.05, 0.1) is 16.0 Å². The first kappa shape index (κ1) is 22.3. The molecule has 4 aromatic rings. The van der Waals surface area contributed by atoms with Crippen molar-refractivity contribution in [3.63, 3.8) is 0 Å². The zero-order valence-corrected chi connectivity index (χ0v) is 17.6. The summed E-state index contributed by atoms with van der Waals surface area (Å²) in [6.45, 7) is 0. The molecule has 2 aromatic heterocycles. The van der Waals surface area contributed by atoms with Crippen LogP contribution in [0, 0.1) is 5.82 Å². The van der Waals surface area contributed by atoms with Crippen LogP contribution in [0.5, 0.6) is 0 Å². The third kappa shape index (κ3) is 4.98. The van der Waals surface area contributed by atoms with Gasteiger partial charge in [0.25, 0.3) is 0 Å². The molecule has 33 heavy (non-hydrogen) atoms. The Labute approximate surface area is 189 Å². The smallest absolute Gasteiger partial charge is 0.339 e. The Morgan fingerprint density at radius 1 is 1.03 bits per heavy atom. The summed E-state index contributed by atoms with van der Waals surface area (Å²) >= 11 is 5.83. The van der Waals surface area contributed by atoms with Gasteiger partial charge in [-0.05, 0) is 42.5 Å². The fourth-order valence-corrected chi connectivity index (χ4v) is 3.22. The summed E-state index contributed by atoms with van der Waals surface area (Å²) in [6, 6.07) is 9.15. The van der Waals surface area contributed by atoms with Crippen molar-refractivity contribution in [3.8, 4) is 0 Å². The number of amides is 2. The second-order valence-corrected chi connectivity index (χ2v) is 7.38. The van der Waals surface area contributed by atoms with Crippen molar-refractivity contribution >= 4 is 51.8 Å². The number of carbonyl (C=O) groups is 1. The lowest BCUT2D eigenvalue weighted by Gasteiger charge is -2.12. The maximum Gasteiger partial charge on any atom is 0.416 e. The van der Waals surface area contributed by atoms with Crippen molar-refractivity contribution in [2.45, 2.75) is 6.18 Å². The molecule has 3 N–H and O–H groups in total. The van der Waals surface area contributed by atoms with E-state index in [0.29, 0.717) is 22.5 Å². The Morgan fingerprint density at radius 3 is 2.55 bits per heavy atom. The third-order valence-electron chi connectivity index (χ3n) is 4.58. The molecule has 0 saturated heterocycles. The van der Waals surface area contributed by atoms with Crippen LogP contribution in [-0.2, 0) is 13.2 Å². The zero-order valence-electron chi connectivity index (χ0n) is 16.8. The molecule has 0 spiro atoms. The fraction of sp³-hybridized carbons (Fsp3) is 0.0952. The maximum atomic E-state index is 13.5. The van der Waals surface area contributed by atoms with Gasteiger partial charge < -0.3 is 15.2 Å². The Balaban J connectivity index is 1.59. The fourth-order valence-electron chi connectivity index (χ4n) is 3.04. The SMILES string of the molecule is Cn1ccc2c(Nc3ccc(F)c(Cl)c3)nc(NC(=O)Nc3cccc(C(F)(F)F)c3)nc21. The minimum atomic E-state index is -4.54. The summed E-state index contributed by atoms with van der Waals surface area (Å²) < 4.78 is 53.8. The predicted octanol–water partition coefficient (Wildman–Crippen LogP) is 6.17. The highest BCUT2D eigenvalue weighted by Crippen LogP contribution is 2.31. The number of nitrogens with zero attached hydrogens (tertiary/aromatic N) is 3. The second-order valence-electron chi connectivity index (χ2n) is 6.97. The third-order valence-corrected chi connectivity index (χ3v) is 4.87. The average molecular weight is 479 g/mol. The number of fused-ring (bicyclic) bond motifs is 1. The van der Waals surface area contributed by atoms with E-state index in [1.165, 1.54) is 30.3 Å². The highest BCUT2D eigenvalue weighted by molar-refractivity contribution is 6.31. The number of benzene rings is 2. The van der Waals surface area contributed by atoms with Crippen LogP contribution in [0.3, 0.4) is 0 Å². The molecular weight excluding hydrogens is 464 g/mol. The summed E-state index contributed by atoms with van der Waals surface area (Å²) in [6.07, 6.45) is -2.81. The molecule has 2 heterocycles. The summed E-state index contributed by atoms with van der Waals surface area (Å²) in [5, 5.41) is 8.27. The van der Waals surface area contributed by atoms with E-state index in [2.05, 4.69) is 25.9 Å². The van der Waals surface area contributed by atoms with Crippen LogP contribution in [0.2, 0.25) is 5.02 Å². The predicted molar refractivity (Wildman–Crippen MR) is 117 cm³/mol. The van der Waals surface area contributed by atoms with Gasteiger partial charge in [-0.25, -0.2) is 9.18 Å². The minimum Gasteiger partial charge on any atom is -0.339 e. The number of alkyl halides is 3. The van der Waals surface area contributed by atoms with Crippen LogP contribution in [0.15, 0.2) is 54.7 Å². The highest BCUT2D eigenvalue weighted by Gasteiger charge is 2.30. The summed E-state index contributed by atoms with van der Waals surface area (Å²) in [5.74, 6) is -0.384. The lowest BCUT2D eigenvalue weighted by Crippen LogP contribution is -2.21. The molecule has 4 rings (SSSR count). The normalized spacial score (nSPS) is 11.5. The van der Waals surface area contributed by atoms with Crippen LogP contribution >= 0.6 is 11.6 Å². The first-order valence-corrected chi connectivity index (χ1v) is 9.78. The lowest BCUT2D eigenvalue weighted by atomic mass is 10.2. The molecule has 0 fully saturated rings. The van der Waals surface area contributed by atoms with E-state index in [1.54, 1.807) is 23.9 Å². The Bertz CT molecular complexity index is 1350. The summed E-state index contributed by atoms with van der Waals surface area (Å²) in [7, 11) is 1.74. The van der Waals surface area contributed by atoms with Crippen LogP contribution in [0.25, 0.3) is 11.0 Å². The Morgan fingerprint density at radius 2 is 1.82 bits per heavy atom. The molecule has 12 heteroatoms. The van der Waals surface area contributed by atoms with Crippen molar-refractivity contribution < 1.29 is 22.4 Å². The van der Waals surface area contributed by atoms with Crippen molar-refractivity contribution in [1.82, 2.24) is 14.5 Å². The van der Waals surface area contributed by atoms with E-state index < -0.39 is 23.6 Å². The lowest BCUT2D eigenvalue weighted by molar-refractivity contribution is -0.137. The van der Waals surface area contributed by atoms with Crippen molar-refractivity contribution in [1.29, 1.82) is 0 Å². The van der Waals surface area contributed by atoms with E-state index in [0.717, 1.165) is 12.1 Å². The first-order valence-electron chi connectivity index (χ1n) is 9.40. The van der Waals surface area contributed by atoms with Gasteiger partial charge in [0.2, 0.25) is 5.95 Å². The van der Waals surface area contributed by atoms with Gasteiger partial charge in [0.15, 0.2) is 0 Å². The number of anilines is 4. The molecule has 0 bridgehead atoms. The largest absolute Gasteiger partial charge is 0.416 e. The topological polar surface area (TPSA) is 83.9 Å². The first-order chi connectivity index (χ1) is 15.6. The molecule has 0 atom stereocenters. The standard InChI is InChI=1S/C21H15ClF4N6O/c1-32-8-7-14-17(27-13-5-6-16(23)15(22)10-13)29-19(30-18(14)32)31-20(33)28-12-4-2-3-11(9-12)21(24,25)26/h2-10H,1H3,(H3,27,28,29,30,31,33). The molecule has 170 valence electrons. The van der Waals surface area contributed by atoms with E-state index in [-0.39, 0.29) is 16.7 Å². The van der Waals surface area contributed by atoms with E-state index in [1.807, 2.05) is 0 Å². The molecule has 0 aliphatic carbocycles. The van der Waals surface area contributed by atoms with Crippen LogP contribution in [-0.4, -0.2) is 20.6 Å². The molecule has 0 aliphatic heterocycles. The molecule has 0 saturated carbocycles. The molecule has 0 radical (unpaired) electrons. The number of hydrogen-bond donors (Lipinski definition) is 3. The van der Waals surface area contributed by atoms with E-state index in [9.17, 15) is 22.4 Å². The van der Waals surface area contributed by atoms with Crippen LogP contribution < -0.4 is 16.0 Å². The van der Waals surface area contributed by atoms with E-state index in [4.69, 9.17) is 11.6 Å². The number of aromatic nitrogens is 3. The molecule has 2 aromatic carbocycles. The highest BCUT2D eigenvalue weighted by atomic mass is 35.5. The molecule has 0 unspecified atom stereocenters. The zero-order chi connectivity index (χ0) is 23.8. The number of hydrogen-bond acceptors (Lipinski definition) is 4. The maximum absolute atomic E-state index is 13.5. The van der Waals surface area contributed by atoms with Gasteiger partial charge >= 0.3 is 12.2 Å². The monoisotopic (exact) mass is 478 g/mol. The summed E-state index contributed by atoms with van der Waals surface area (Å²) in [4.78, 5) is 20.9. The number of nitrogens with one attached hydrogen (secondary N) is 3. The van der Waals surface area contributed by atoms with Gasteiger partial charge in [0.1, 0.15) is 17.3 Å². The molecule has 7 nitrogen and oxygen atoms in total. The summed E-state index contributed by atoms with van der Waals surface area (Å²) in [5.41, 5.74) is -0.0347. The Kier molecular flexibility index (Phi) is 5.81. The van der Waals surface area contributed by atoms with Crippen LogP contribution in [0.4, 0.5) is 45.5 Å². The van der Waals surface area contributed by atoms with Gasteiger partial charge in [0, 0.05) is 24.6 Å². The van der Waals surface area contributed by atoms with E-state index >= 15 is 0 Å². The average Bonchev–Trinajstić information content (AvgIpc) is 3.11. The number of rotatable bonds is 4. The number of aryl methyl sites for hydroxylation is 1. The van der Waals surface area contributed by atoms with Gasteiger partial charge in [-0.15, -0.1) is 0 Å². The minimum absolute atomic E-state index is 0.0541. The number of carbonyl (C=O) groups excluding carboxylic acids is 1. The second kappa shape index (κ2) is 8.58. The van der Waals surface area contributed by atoms with Crippen LogP contribution in [0.1, 0.15) is 5.56 Å².